The first-order valence-corrected chi connectivity index (χ1v) is 9.80. The summed E-state index contributed by atoms with van der Waals surface area (Å²) in [6.45, 7) is 4.12. The number of nitrogens with one attached hydrogen (secondary N) is 1. The Morgan fingerprint density at radius 1 is 1.23 bits per heavy atom. The molecule has 0 fully saturated rings. The second-order valence-electron chi connectivity index (χ2n) is 5.57. The lowest BCUT2D eigenvalue weighted by molar-refractivity contribution is 0.807. The molecule has 26 heavy (non-hydrogen) atoms. The third-order valence-electron chi connectivity index (χ3n) is 3.74. The summed E-state index contributed by atoms with van der Waals surface area (Å²) in [4.78, 5) is 17.9. The summed E-state index contributed by atoms with van der Waals surface area (Å²) in [6, 6.07) is 5.18. The predicted octanol–water partition coefficient (Wildman–Crippen LogP) is 5.38. The number of benzene rings is 1. The van der Waals surface area contributed by atoms with Crippen LogP contribution in [-0.2, 0) is 6.42 Å². The monoisotopic (exact) mass is 428 g/mol. The van der Waals surface area contributed by atoms with Crippen molar-refractivity contribution in [2.45, 2.75) is 26.3 Å². The summed E-state index contributed by atoms with van der Waals surface area (Å²) in [6.07, 6.45) is 4.18. The Hall–Kier alpha value is -1.60. The van der Waals surface area contributed by atoms with Crippen molar-refractivity contribution >= 4 is 51.8 Å². The van der Waals surface area contributed by atoms with Gasteiger partial charge in [-0.15, -0.1) is 11.3 Å². The first-order chi connectivity index (χ1) is 12.4. The van der Waals surface area contributed by atoms with Gasteiger partial charge in [-0.25, -0.2) is 4.98 Å². The average Bonchev–Trinajstić information content (AvgIpc) is 3.11. The molecule has 0 spiro atoms. The van der Waals surface area contributed by atoms with Gasteiger partial charge in [0.05, 0.1) is 33.7 Å². The standard InChI is InChI=1S/C17H15Cl3N4OS/c1-3-11-7-21-16(26-11)9(2)23-14-5-4-10(6-12(14)18)24-17(25)15(20)13(19)8-22-24/h4-9,23H,3H2,1-2H3. The Bertz CT molecular complexity index is 1000. The van der Waals surface area contributed by atoms with E-state index < -0.39 is 5.56 Å². The molecule has 0 aliphatic heterocycles. The van der Waals surface area contributed by atoms with Crippen LogP contribution in [0, 0.1) is 0 Å². The van der Waals surface area contributed by atoms with Gasteiger partial charge in [0, 0.05) is 11.1 Å². The van der Waals surface area contributed by atoms with Crippen LogP contribution in [0.4, 0.5) is 5.69 Å². The van der Waals surface area contributed by atoms with Crippen LogP contribution in [0.25, 0.3) is 5.69 Å². The number of hydrogen-bond donors (Lipinski definition) is 1. The van der Waals surface area contributed by atoms with Crippen molar-refractivity contribution in [1.82, 2.24) is 14.8 Å². The van der Waals surface area contributed by atoms with Crippen molar-refractivity contribution in [3.63, 3.8) is 0 Å². The van der Waals surface area contributed by atoms with Gasteiger partial charge in [0.1, 0.15) is 10.0 Å². The molecule has 1 unspecified atom stereocenters. The van der Waals surface area contributed by atoms with Crippen LogP contribution in [0.2, 0.25) is 15.1 Å². The third kappa shape index (κ3) is 3.88. The zero-order chi connectivity index (χ0) is 18.8. The molecule has 0 aliphatic carbocycles. The Morgan fingerprint density at radius 3 is 2.65 bits per heavy atom. The summed E-state index contributed by atoms with van der Waals surface area (Å²) in [5, 5.41) is 8.82. The topological polar surface area (TPSA) is 59.8 Å². The summed E-state index contributed by atoms with van der Waals surface area (Å²) >= 11 is 19.8. The second-order valence-corrected chi connectivity index (χ2v) is 7.91. The normalized spacial score (nSPS) is 12.2. The molecule has 2 heterocycles. The molecule has 0 saturated heterocycles. The minimum absolute atomic E-state index is 0.00877. The first-order valence-electron chi connectivity index (χ1n) is 7.85. The Kier molecular flexibility index (Phi) is 5.87. The molecule has 5 nitrogen and oxygen atoms in total. The van der Waals surface area contributed by atoms with E-state index in [-0.39, 0.29) is 16.1 Å². The molecule has 0 bridgehead atoms. The molecule has 3 rings (SSSR count). The second kappa shape index (κ2) is 7.96. The molecule has 9 heteroatoms. The van der Waals surface area contributed by atoms with Crippen LogP contribution >= 0.6 is 46.1 Å². The van der Waals surface area contributed by atoms with E-state index in [1.807, 2.05) is 13.1 Å². The van der Waals surface area contributed by atoms with Gasteiger partial charge in [-0.2, -0.15) is 9.78 Å². The summed E-state index contributed by atoms with van der Waals surface area (Å²) in [7, 11) is 0. The molecule has 0 amide bonds. The quantitative estimate of drug-likeness (QED) is 0.591. The molecule has 0 aliphatic rings. The zero-order valence-corrected chi connectivity index (χ0v) is 17.0. The molecule has 136 valence electrons. The lowest BCUT2D eigenvalue weighted by Crippen LogP contribution is -2.21. The molecular weight excluding hydrogens is 415 g/mol. The van der Waals surface area contributed by atoms with E-state index in [0.29, 0.717) is 10.7 Å². The van der Waals surface area contributed by atoms with Crippen molar-refractivity contribution in [3.05, 3.63) is 65.9 Å². The maximum absolute atomic E-state index is 12.2. The van der Waals surface area contributed by atoms with E-state index in [9.17, 15) is 4.79 Å². The Balaban J connectivity index is 1.86. The maximum Gasteiger partial charge on any atom is 0.291 e. The molecule has 0 radical (unpaired) electrons. The van der Waals surface area contributed by atoms with Gasteiger partial charge in [0.2, 0.25) is 0 Å². The molecule has 1 aromatic carbocycles. The highest BCUT2D eigenvalue weighted by atomic mass is 35.5. The molecular formula is C17H15Cl3N4OS. The van der Waals surface area contributed by atoms with E-state index in [2.05, 4.69) is 22.3 Å². The highest BCUT2D eigenvalue weighted by Crippen LogP contribution is 2.30. The van der Waals surface area contributed by atoms with Crippen LogP contribution in [0.3, 0.4) is 0 Å². The van der Waals surface area contributed by atoms with Gasteiger partial charge in [0.25, 0.3) is 5.56 Å². The first kappa shape index (κ1) is 19.2. The zero-order valence-electron chi connectivity index (χ0n) is 14.0. The van der Waals surface area contributed by atoms with Gasteiger partial charge in [-0.1, -0.05) is 41.7 Å². The number of rotatable bonds is 5. The van der Waals surface area contributed by atoms with E-state index >= 15 is 0 Å². The Labute approximate surface area is 169 Å². The lowest BCUT2D eigenvalue weighted by Gasteiger charge is -2.15. The van der Waals surface area contributed by atoms with Gasteiger partial charge in [0.15, 0.2) is 0 Å². The largest absolute Gasteiger partial charge is 0.375 e. The smallest absolute Gasteiger partial charge is 0.291 e. The SMILES string of the molecule is CCc1cnc(C(C)Nc2ccc(-n3ncc(Cl)c(Cl)c3=O)cc2Cl)s1. The fourth-order valence-corrected chi connectivity index (χ4v) is 3.67. The van der Waals surface area contributed by atoms with Gasteiger partial charge in [-0.3, -0.25) is 4.79 Å². The fourth-order valence-electron chi connectivity index (χ4n) is 2.33. The number of nitrogens with zero attached hydrogens (tertiary/aromatic N) is 3. The summed E-state index contributed by atoms with van der Waals surface area (Å²) < 4.78 is 1.15. The fraction of sp³-hybridized carbons (Fsp3) is 0.235. The van der Waals surface area contributed by atoms with Gasteiger partial charge < -0.3 is 5.32 Å². The van der Waals surface area contributed by atoms with Crippen molar-refractivity contribution < 1.29 is 0 Å². The predicted molar refractivity (Wildman–Crippen MR) is 108 cm³/mol. The van der Waals surface area contributed by atoms with Crippen molar-refractivity contribution in [2.75, 3.05) is 5.32 Å². The number of thiazole rings is 1. The molecule has 0 saturated carbocycles. The van der Waals surface area contributed by atoms with Crippen LogP contribution in [0.15, 0.2) is 35.4 Å². The number of hydrogen-bond acceptors (Lipinski definition) is 5. The minimum Gasteiger partial charge on any atom is -0.375 e. The molecule has 3 aromatic rings. The summed E-state index contributed by atoms with van der Waals surface area (Å²) in [5.74, 6) is 0. The molecule has 1 N–H and O–H groups in total. The number of aryl methyl sites for hydroxylation is 1. The number of anilines is 1. The maximum atomic E-state index is 12.2. The number of aromatic nitrogens is 3. The minimum atomic E-state index is -0.501. The van der Waals surface area contributed by atoms with E-state index in [0.717, 1.165) is 21.8 Å². The van der Waals surface area contributed by atoms with E-state index in [1.165, 1.54) is 11.1 Å². The highest BCUT2D eigenvalue weighted by Gasteiger charge is 2.14. The van der Waals surface area contributed by atoms with Crippen molar-refractivity contribution in [1.29, 1.82) is 0 Å². The lowest BCUT2D eigenvalue weighted by atomic mass is 10.2. The molecule has 1 atom stereocenters. The van der Waals surface area contributed by atoms with E-state index in [1.54, 1.807) is 29.5 Å². The van der Waals surface area contributed by atoms with Crippen LogP contribution in [0.5, 0.6) is 0 Å². The van der Waals surface area contributed by atoms with Crippen LogP contribution in [0.1, 0.15) is 29.8 Å². The van der Waals surface area contributed by atoms with Crippen LogP contribution in [-0.4, -0.2) is 14.8 Å². The van der Waals surface area contributed by atoms with Crippen LogP contribution < -0.4 is 10.9 Å². The molecule has 2 aromatic heterocycles. The average molecular weight is 430 g/mol. The van der Waals surface area contributed by atoms with Crippen molar-refractivity contribution in [3.8, 4) is 5.69 Å². The third-order valence-corrected chi connectivity index (χ3v) is 6.12. The summed E-state index contributed by atoms with van der Waals surface area (Å²) in [5.41, 5.74) is 0.739. The number of halogens is 3. The highest BCUT2D eigenvalue weighted by molar-refractivity contribution is 7.11. The van der Waals surface area contributed by atoms with Gasteiger partial charge >= 0.3 is 0 Å². The Morgan fingerprint density at radius 2 is 2.00 bits per heavy atom. The van der Waals surface area contributed by atoms with Gasteiger partial charge in [-0.05, 0) is 31.5 Å². The van der Waals surface area contributed by atoms with E-state index in [4.69, 9.17) is 34.8 Å². The van der Waals surface area contributed by atoms with Crippen molar-refractivity contribution in [2.24, 2.45) is 0 Å².